The molecular formula is C28H46O. The fourth-order valence-electron chi connectivity index (χ4n) is 8.83. The Balaban J connectivity index is 1.49. The van der Waals surface area contributed by atoms with Crippen LogP contribution in [0.1, 0.15) is 105 Å². The van der Waals surface area contributed by atoms with Crippen LogP contribution in [0.15, 0.2) is 11.6 Å². The van der Waals surface area contributed by atoms with Crippen molar-refractivity contribution in [3.63, 3.8) is 0 Å². The van der Waals surface area contributed by atoms with Gasteiger partial charge in [0.15, 0.2) is 0 Å². The van der Waals surface area contributed by atoms with Crippen LogP contribution >= 0.6 is 0 Å². The lowest BCUT2D eigenvalue weighted by molar-refractivity contribution is -0.112. The zero-order valence-corrected chi connectivity index (χ0v) is 19.9. The normalized spacial score (nSPS) is 45.2. The lowest BCUT2D eigenvalue weighted by Gasteiger charge is -2.58. The fourth-order valence-corrected chi connectivity index (χ4v) is 8.83. The molecule has 4 rings (SSSR count). The van der Waals surface area contributed by atoms with Crippen LogP contribution in [0.25, 0.3) is 0 Å². The molecule has 1 heteroatoms. The van der Waals surface area contributed by atoms with E-state index in [0.29, 0.717) is 16.7 Å². The van der Waals surface area contributed by atoms with Crippen LogP contribution in [0.4, 0.5) is 0 Å². The SMILES string of the molecule is CC(C)CCC[C@@H](C)[C@H]1CCC2C3CC=C4CC(C=O)CC[C@]4(C)C3CC[C@@]21C. The highest BCUT2D eigenvalue weighted by Gasteiger charge is 2.59. The molecule has 0 aliphatic heterocycles. The second kappa shape index (κ2) is 8.16. The van der Waals surface area contributed by atoms with Gasteiger partial charge in [0.05, 0.1) is 0 Å². The van der Waals surface area contributed by atoms with Crippen molar-refractivity contribution in [2.75, 3.05) is 0 Å². The fraction of sp³-hybridized carbons (Fsp3) is 0.893. The first-order valence-electron chi connectivity index (χ1n) is 12.9. The minimum atomic E-state index is 0.294. The van der Waals surface area contributed by atoms with Gasteiger partial charge in [0.1, 0.15) is 6.29 Å². The Hall–Kier alpha value is -0.590. The lowest BCUT2D eigenvalue weighted by atomic mass is 9.46. The van der Waals surface area contributed by atoms with Crippen LogP contribution in [0, 0.1) is 52.3 Å². The van der Waals surface area contributed by atoms with Crippen molar-refractivity contribution < 1.29 is 4.79 Å². The minimum absolute atomic E-state index is 0.294. The number of carbonyl (C=O) groups is 1. The number of allylic oxidation sites excluding steroid dienone is 2. The summed E-state index contributed by atoms with van der Waals surface area (Å²) in [4.78, 5) is 11.4. The first kappa shape index (κ1) is 21.6. The van der Waals surface area contributed by atoms with Gasteiger partial charge in [-0.05, 0) is 97.7 Å². The van der Waals surface area contributed by atoms with Crippen LogP contribution in [-0.2, 0) is 4.79 Å². The van der Waals surface area contributed by atoms with Gasteiger partial charge < -0.3 is 4.79 Å². The third-order valence-corrected chi connectivity index (χ3v) is 10.5. The molecule has 4 aliphatic carbocycles. The molecule has 3 fully saturated rings. The van der Waals surface area contributed by atoms with E-state index in [0.717, 1.165) is 48.3 Å². The van der Waals surface area contributed by atoms with Gasteiger partial charge in [0.2, 0.25) is 0 Å². The maximum atomic E-state index is 11.4. The highest BCUT2D eigenvalue weighted by molar-refractivity contribution is 5.55. The van der Waals surface area contributed by atoms with Gasteiger partial charge >= 0.3 is 0 Å². The van der Waals surface area contributed by atoms with Gasteiger partial charge in [-0.1, -0.05) is 65.5 Å². The highest BCUT2D eigenvalue weighted by atomic mass is 16.1. The number of hydrogen-bond donors (Lipinski definition) is 0. The lowest BCUT2D eigenvalue weighted by Crippen LogP contribution is -2.50. The van der Waals surface area contributed by atoms with Crippen molar-refractivity contribution in [3.05, 3.63) is 11.6 Å². The van der Waals surface area contributed by atoms with Crippen molar-refractivity contribution in [1.29, 1.82) is 0 Å². The van der Waals surface area contributed by atoms with E-state index in [1.807, 2.05) is 0 Å². The average Bonchev–Trinajstić information content (AvgIpc) is 3.04. The molecule has 29 heavy (non-hydrogen) atoms. The van der Waals surface area contributed by atoms with Crippen LogP contribution in [-0.4, -0.2) is 6.29 Å². The van der Waals surface area contributed by atoms with Crippen LogP contribution < -0.4 is 0 Å². The zero-order chi connectivity index (χ0) is 20.8. The van der Waals surface area contributed by atoms with Gasteiger partial charge in [-0.2, -0.15) is 0 Å². The molecule has 1 nitrogen and oxygen atoms in total. The molecule has 8 atom stereocenters. The first-order valence-corrected chi connectivity index (χ1v) is 12.9. The molecule has 164 valence electrons. The second-order valence-corrected chi connectivity index (χ2v) is 12.4. The first-order chi connectivity index (χ1) is 13.8. The summed E-state index contributed by atoms with van der Waals surface area (Å²) in [5, 5.41) is 0. The monoisotopic (exact) mass is 398 g/mol. The average molecular weight is 399 g/mol. The van der Waals surface area contributed by atoms with E-state index < -0.39 is 0 Å². The summed E-state index contributed by atoms with van der Waals surface area (Å²) in [5.74, 6) is 5.71. The standard InChI is InChI=1S/C28H46O/c1-19(2)7-6-8-20(3)24-11-12-25-23-10-9-22-17-21(18-29)13-15-27(22,4)26(23)14-16-28(24,25)5/h9,18-21,23-26H,6-8,10-17H2,1-5H3/t20-,21?,23?,24-,25?,26?,27+,28-/m1/s1. The minimum Gasteiger partial charge on any atom is -0.303 e. The van der Waals surface area contributed by atoms with E-state index in [1.165, 1.54) is 64.1 Å². The van der Waals surface area contributed by atoms with E-state index in [-0.39, 0.29) is 0 Å². The Labute approximate surface area is 180 Å². The van der Waals surface area contributed by atoms with Gasteiger partial charge in [-0.3, -0.25) is 0 Å². The topological polar surface area (TPSA) is 17.1 Å². The van der Waals surface area contributed by atoms with Gasteiger partial charge in [-0.15, -0.1) is 0 Å². The second-order valence-electron chi connectivity index (χ2n) is 12.4. The van der Waals surface area contributed by atoms with E-state index in [1.54, 1.807) is 5.57 Å². The maximum absolute atomic E-state index is 11.4. The third kappa shape index (κ3) is 3.67. The van der Waals surface area contributed by atoms with Crippen molar-refractivity contribution in [3.8, 4) is 0 Å². The summed E-state index contributed by atoms with van der Waals surface area (Å²) >= 11 is 0. The van der Waals surface area contributed by atoms with Crippen molar-refractivity contribution in [1.82, 2.24) is 0 Å². The quantitative estimate of drug-likeness (QED) is 0.329. The number of carbonyl (C=O) groups excluding carboxylic acids is 1. The third-order valence-electron chi connectivity index (χ3n) is 10.5. The van der Waals surface area contributed by atoms with Crippen LogP contribution in [0.3, 0.4) is 0 Å². The Morgan fingerprint density at radius 3 is 2.55 bits per heavy atom. The molecule has 3 saturated carbocycles. The van der Waals surface area contributed by atoms with E-state index >= 15 is 0 Å². The zero-order valence-electron chi connectivity index (χ0n) is 19.9. The summed E-state index contributed by atoms with van der Waals surface area (Å²) in [5.41, 5.74) is 2.63. The van der Waals surface area contributed by atoms with Gasteiger partial charge in [0.25, 0.3) is 0 Å². The molecule has 0 N–H and O–H groups in total. The molecule has 0 radical (unpaired) electrons. The maximum Gasteiger partial charge on any atom is 0.123 e. The van der Waals surface area contributed by atoms with Crippen molar-refractivity contribution in [2.45, 2.75) is 105 Å². The Morgan fingerprint density at radius 2 is 1.83 bits per heavy atom. The van der Waals surface area contributed by atoms with Crippen LogP contribution in [0.2, 0.25) is 0 Å². The molecular weight excluding hydrogens is 352 g/mol. The van der Waals surface area contributed by atoms with E-state index in [9.17, 15) is 4.79 Å². The molecule has 0 heterocycles. The van der Waals surface area contributed by atoms with Crippen LogP contribution in [0.5, 0.6) is 0 Å². The predicted molar refractivity (Wildman–Crippen MR) is 123 cm³/mol. The van der Waals surface area contributed by atoms with E-state index in [4.69, 9.17) is 0 Å². The molecule has 0 amide bonds. The summed E-state index contributed by atoms with van der Waals surface area (Å²) in [6, 6.07) is 0. The molecule has 4 aliphatic rings. The predicted octanol–water partition coefficient (Wildman–Crippen LogP) is 7.84. The highest BCUT2D eigenvalue weighted by Crippen LogP contribution is 2.67. The van der Waals surface area contributed by atoms with Crippen molar-refractivity contribution >= 4 is 6.29 Å². The van der Waals surface area contributed by atoms with E-state index in [2.05, 4.69) is 40.7 Å². The molecule has 4 unspecified atom stereocenters. The largest absolute Gasteiger partial charge is 0.303 e. The Morgan fingerprint density at radius 1 is 1.03 bits per heavy atom. The smallest absolute Gasteiger partial charge is 0.123 e. The number of hydrogen-bond acceptors (Lipinski definition) is 1. The molecule has 0 aromatic carbocycles. The Bertz CT molecular complexity index is 632. The van der Waals surface area contributed by atoms with Gasteiger partial charge in [0, 0.05) is 5.92 Å². The number of rotatable bonds is 6. The number of fused-ring (bicyclic) bond motifs is 5. The summed E-state index contributed by atoms with van der Waals surface area (Å²) in [7, 11) is 0. The molecule has 0 bridgehead atoms. The molecule has 0 spiro atoms. The summed E-state index contributed by atoms with van der Waals surface area (Å²) in [6.45, 7) is 12.6. The number of aldehydes is 1. The Kier molecular flexibility index (Phi) is 6.09. The summed E-state index contributed by atoms with van der Waals surface area (Å²) < 4.78 is 0. The van der Waals surface area contributed by atoms with Gasteiger partial charge in [-0.25, -0.2) is 0 Å². The molecule has 0 aromatic heterocycles. The summed E-state index contributed by atoms with van der Waals surface area (Å²) in [6.07, 6.45) is 18.7. The molecule has 0 saturated heterocycles. The van der Waals surface area contributed by atoms with Crippen molar-refractivity contribution in [2.24, 2.45) is 52.3 Å². The molecule has 0 aromatic rings.